The standard InChI is InChI=1S/C10H15Cl4N3O2/c1-7(18)17-4-2-16(3-5-17)6-8(19)15-9(11)10(12,13)14/h9H,2-6H2,1H3,(H,15,19). The van der Waals surface area contributed by atoms with Crippen LogP contribution >= 0.6 is 46.4 Å². The highest BCUT2D eigenvalue weighted by atomic mass is 35.6. The second kappa shape index (κ2) is 7.18. The van der Waals surface area contributed by atoms with Crippen molar-refractivity contribution in [1.82, 2.24) is 15.1 Å². The molecule has 0 spiro atoms. The molecular weight excluding hydrogens is 336 g/mol. The van der Waals surface area contributed by atoms with E-state index in [9.17, 15) is 9.59 Å². The summed E-state index contributed by atoms with van der Waals surface area (Å²) in [6.45, 7) is 4.17. The Labute approximate surface area is 132 Å². The fourth-order valence-electron chi connectivity index (χ4n) is 1.69. The lowest BCUT2D eigenvalue weighted by Gasteiger charge is -2.34. The molecule has 1 aliphatic heterocycles. The van der Waals surface area contributed by atoms with Gasteiger partial charge in [-0.05, 0) is 0 Å². The quantitative estimate of drug-likeness (QED) is 0.614. The molecule has 9 heteroatoms. The number of nitrogens with one attached hydrogen (secondary N) is 1. The zero-order valence-corrected chi connectivity index (χ0v) is 13.4. The second-order valence-electron chi connectivity index (χ2n) is 4.25. The molecule has 0 aromatic carbocycles. The molecule has 110 valence electrons. The van der Waals surface area contributed by atoms with Crippen molar-refractivity contribution in [3.05, 3.63) is 0 Å². The minimum atomic E-state index is -1.75. The fourth-order valence-corrected chi connectivity index (χ4v) is 1.98. The molecule has 2 amide bonds. The van der Waals surface area contributed by atoms with Crippen LogP contribution in [0.25, 0.3) is 0 Å². The van der Waals surface area contributed by atoms with Crippen LogP contribution in [0.15, 0.2) is 0 Å². The molecule has 0 saturated carbocycles. The molecule has 1 saturated heterocycles. The summed E-state index contributed by atoms with van der Waals surface area (Å²) in [5.41, 5.74) is -1.08. The molecule has 0 aromatic rings. The monoisotopic (exact) mass is 349 g/mol. The lowest BCUT2D eigenvalue weighted by molar-refractivity contribution is -0.131. The first-order chi connectivity index (χ1) is 8.70. The Morgan fingerprint density at radius 2 is 1.74 bits per heavy atom. The summed E-state index contributed by atoms with van der Waals surface area (Å²) in [7, 11) is 0. The van der Waals surface area contributed by atoms with Gasteiger partial charge in [0.25, 0.3) is 0 Å². The smallest absolute Gasteiger partial charge is 0.235 e. The molecule has 1 N–H and O–H groups in total. The van der Waals surface area contributed by atoms with Gasteiger partial charge < -0.3 is 10.2 Å². The van der Waals surface area contributed by atoms with Crippen LogP contribution in [0.3, 0.4) is 0 Å². The zero-order chi connectivity index (χ0) is 14.6. The molecule has 1 aliphatic rings. The lowest BCUT2D eigenvalue weighted by atomic mass is 10.3. The molecule has 5 nitrogen and oxygen atoms in total. The molecule has 19 heavy (non-hydrogen) atoms. The number of amides is 2. The molecule has 0 bridgehead atoms. The SMILES string of the molecule is CC(=O)N1CCN(CC(=O)NC(Cl)C(Cl)(Cl)Cl)CC1. The molecule has 1 atom stereocenters. The van der Waals surface area contributed by atoms with Crippen LogP contribution in [0.4, 0.5) is 0 Å². The highest BCUT2D eigenvalue weighted by Crippen LogP contribution is 2.32. The average molecular weight is 351 g/mol. The predicted octanol–water partition coefficient (Wildman–Crippen LogP) is 1.20. The van der Waals surface area contributed by atoms with E-state index in [1.807, 2.05) is 4.90 Å². The van der Waals surface area contributed by atoms with Crippen LogP contribution < -0.4 is 5.32 Å². The third kappa shape index (κ3) is 5.92. The van der Waals surface area contributed by atoms with Crippen molar-refractivity contribution in [3.8, 4) is 0 Å². The fraction of sp³-hybridized carbons (Fsp3) is 0.800. The van der Waals surface area contributed by atoms with E-state index in [2.05, 4.69) is 5.32 Å². The number of piperazine rings is 1. The van der Waals surface area contributed by atoms with Crippen molar-refractivity contribution in [1.29, 1.82) is 0 Å². The van der Waals surface area contributed by atoms with Crippen LogP contribution in [0, 0.1) is 0 Å². The molecule has 0 radical (unpaired) electrons. The summed E-state index contributed by atoms with van der Waals surface area (Å²) in [6.07, 6.45) is 0. The highest BCUT2D eigenvalue weighted by Gasteiger charge is 2.32. The van der Waals surface area contributed by atoms with Crippen LogP contribution in [-0.4, -0.2) is 63.6 Å². The summed E-state index contributed by atoms with van der Waals surface area (Å²) >= 11 is 22.4. The van der Waals surface area contributed by atoms with Crippen LogP contribution in [-0.2, 0) is 9.59 Å². The first kappa shape index (κ1) is 17.1. The van der Waals surface area contributed by atoms with Crippen molar-refractivity contribution in [2.24, 2.45) is 0 Å². The van der Waals surface area contributed by atoms with Gasteiger partial charge in [-0.1, -0.05) is 46.4 Å². The van der Waals surface area contributed by atoms with Gasteiger partial charge in [-0.15, -0.1) is 0 Å². The van der Waals surface area contributed by atoms with E-state index in [4.69, 9.17) is 46.4 Å². The van der Waals surface area contributed by atoms with E-state index in [1.54, 1.807) is 4.90 Å². The maximum absolute atomic E-state index is 11.7. The Hall–Kier alpha value is 0.0600. The van der Waals surface area contributed by atoms with Gasteiger partial charge in [0.15, 0.2) is 5.50 Å². The molecule has 1 heterocycles. The van der Waals surface area contributed by atoms with Gasteiger partial charge in [-0.2, -0.15) is 0 Å². The number of nitrogens with zero attached hydrogens (tertiary/aromatic N) is 2. The third-order valence-corrected chi connectivity index (χ3v) is 4.19. The average Bonchev–Trinajstić information content (AvgIpc) is 2.28. The number of hydrogen-bond acceptors (Lipinski definition) is 3. The molecule has 0 aromatic heterocycles. The minimum absolute atomic E-state index is 0.0427. The maximum atomic E-state index is 11.7. The Kier molecular flexibility index (Phi) is 6.47. The van der Waals surface area contributed by atoms with Gasteiger partial charge >= 0.3 is 0 Å². The summed E-state index contributed by atoms with van der Waals surface area (Å²) in [5.74, 6) is -0.274. The van der Waals surface area contributed by atoms with Gasteiger partial charge in [0.1, 0.15) is 0 Å². The van der Waals surface area contributed by atoms with Crippen LogP contribution in [0.1, 0.15) is 6.92 Å². The number of alkyl halides is 4. The van der Waals surface area contributed by atoms with Crippen molar-refractivity contribution in [2.75, 3.05) is 32.7 Å². The number of carbonyl (C=O) groups excluding carboxylic acids is 2. The minimum Gasteiger partial charge on any atom is -0.340 e. The third-order valence-electron chi connectivity index (χ3n) is 2.76. The molecule has 0 aliphatic carbocycles. The molecular formula is C10H15Cl4N3O2. The first-order valence-corrected chi connectivity index (χ1v) is 7.25. The van der Waals surface area contributed by atoms with E-state index in [-0.39, 0.29) is 18.4 Å². The van der Waals surface area contributed by atoms with E-state index >= 15 is 0 Å². The Morgan fingerprint density at radius 3 is 2.16 bits per heavy atom. The number of carbonyl (C=O) groups is 2. The topological polar surface area (TPSA) is 52.7 Å². The second-order valence-corrected chi connectivity index (χ2v) is 7.06. The maximum Gasteiger partial charge on any atom is 0.235 e. The summed E-state index contributed by atoms with van der Waals surface area (Å²) < 4.78 is -1.75. The largest absolute Gasteiger partial charge is 0.340 e. The normalized spacial score (nSPS) is 19.1. The first-order valence-electron chi connectivity index (χ1n) is 5.68. The summed E-state index contributed by atoms with van der Waals surface area (Å²) in [6, 6.07) is 0. The van der Waals surface area contributed by atoms with Gasteiger partial charge in [-0.25, -0.2) is 0 Å². The van der Waals surface area contributed by atoms with E-state index in [0.29, 0.717) is 26.2 Å². The number of halogens is 4. The van der Waals surface area contributed by atoms with Crippen LogP contribution in [0.2, 0.25) is 0 Å². The zero-order valence-electron chi connectivity index (χ0n) is 10.3. The molecule has 1 rings (SSSR count). The lowest BCUT2D eigenvalue weighted by Crippen LogP contribution is -2.52. The van der Waals surface area contributed by atoms with Crippen molar-refractivity contribution < 1.29 is 9.59 Å². The van der Waals surface area contributed by atoms with Crippen molar-refractivity contribution in [3.63, 3.8) is 0 Å². The van der Waals surface area contributed by atoms with E-state index < -0.39 is 9.29 Å². The highest BCUT2D eigenvalue weighted by molar-refractivity contribution is 6.70. The summed E-state index contributed by atoms with van der Waals surface area (Å²) in [4.78, 5) is 26.5. The Morgan fingerprint density at radius 1 is 1.21 bits per heavy atom. The van der Waals surface area contributed by atoms with Gasteiger partial charge in [0.2, 0.25) is 15.6 Å². The number of rotatable bonds is 3. The Balaban J connectivity index is 2.33. The van der Waals surface area contributed by atoms with Gasteiger partial charge in [0.05, 0.1) is 6.54 Å². The van der Waals surface area contributed by atoms with E-state index in [0.717, 1.165) is 0 Å². The van der Waals surface area contributed by atoms with Gasteiger partial charge in [0, 0.05) is 33.1 Å². The summed E-state index contributed by atoms with van der Waals surface area (Å²) in [5, 5.41) is 2.41. The van der Waals surface area contributed by atoms with Crippen molar-refractivity contribution in [2.45, 2.75) is 16.2 Å². The molecule has 1 fully saturated rings. The molecule has 1 unspecified atom stereocenters. The van der Waals surface area contributed by atoms with E-state index in [1.165, 1.54) is 6.92 Å². The number of hydrogen-bond donors (Lipinski definition) is 1. The van der Waals surface area contributed by atoms with Gasteiger partial charge in [-0.3, -0.25) is 14.5 Å². The van der Waals surface area contributed by atoms with Crippen LogP contribution in [0.5, 0.6) is 0 Å². The van der Waals surface area contributed by atoms with Crippen molar-refractivity contribution >= 4 is 58.2 Å². The predicted molar refractivity (Wildman–Crippen MR) is 76.8 cm³/mol. The Bertz CT molecular complexity index is 340.